The van der Waals surface area contributed by atoms with Crippen LogP contribution in [0.1, 0.15) is 12.8 Å². The van der Waals surface area contributed by atoms with Crippen LogP contribution in [0.3, 0.4) is 0 Å². The summed E-state index contributed by atoms with van der Waals surface area (Å²) in [6.07, 6.45) is 2.16. The van der Waals surface area contributed by atoms with Crippen molar-refractivity contribution in [2.45, 2.75) is 12.8 Å². The van der Waals surface area contributed by atoms with Gasteiger partial charge in [0.1, 0.15) is 5.82 Å². The SMILES string of the molecule is Fc1cc(F)c(OCC2(CBr)CC2)c(Br)c1. The zero-order valence-corrected chi connectivity index (χ0v) is 11.6. The minimum Gasteiger partial charge on any atom is -0.489 e. The van der Waals surface area contributed by atoms with Gasteiger partial charge < -0.3 is 4.74 Å². The van der Waals surface area contributed by atoms with Gasteiger partial charge in [-0.25, -0.2) is 8.78 Å². The Bertz CT molecular complexity index is 382. The van der Waals surface area contributed by atoms with E-state index < -0.39 is 11.6 Å². The van der Waals surface area contributed by atoms with Gasteiger partial charge in [0.25, 0.3) is 0 Å². The predicted molar refractivity (Wildman–Crippen MR) is 65.0 cm³/mol. The number of rotatable bonds is 4. The lowest BCUT2D eigenvalue weighted by Gasteiger charge is -2.14. The highest BCUT2D eigenvalue weighted by Crippen LogP contribution is 2.47. The van der Waals surface area contributed by atoms with Crippen molar-refractivity contribution in [3.05, 3.63) is 28.2 Å². The van der Waals surface area contributed by atoms with E-state index in [0.29, 0.717) is 11.1 Å². The van der Waals surface area contributed by atoms with Crippen molar-refractivity contribution in [1.82, 2.24) is 0 Å². The molecule has 16 heavy (non-hydrogen) atoms. The maximum atomic E-state index is 13.4. The monoisotopic (exact) mass is 354 g/mol. The van der Waals surface area contributed by atoms with Crippen molar-refractivity contribution in [3.63, 3.8) is 0 Å². The zero-order valence-electron chi connectivity index (χ0n) is 8.40. The lowest BCUT2D eigenvalue weighted by atomic mass is 10.2. The summed E-state index contributed by atoms with van der Waals surface area (Å²) in [5, 5.41) is 0.848. The summed E-state index contributed by atoms with van der Waals surface area (Å²) < 4.78 is 32.0. The Morgan fingerprint density at radius 1 is 1.31 bits per heavy atom. The predicted octanol–water partition coefficient (Wildman–Crippen LogP) is 4.28. The molecule has 0 heterocycles. The Hall–Kier alpha value is -0.160. The summed E-state index contributed by atoms with van der Waals surface area (Å²) >= 11 is 6.50. The van der Waals surface area contributed by atoms with Crippen molar-refractivity contribution < 1.29 is 13.5 Å². The molecule has 0 saturated heterocycles. The van der Waals surface area contributed by atoms with Crippen molar-refractivity contribution in [1.29, 1.82) is 0 Å². The Morgan fingerprint density at radius 3 is 2.50 bits per heavy atom. The van der Waals surface area contributed by atoms with E-state index in [0.717, 1.165) is 24.2 Å². The molecule has 88 valence electrons. The van der Waals surface area contributed by atoms with Crippen LogP contribution >= 0.6 is 31.9 Å². The van der Waals surface area contributed by atoms with Gasteiger partial charge >= 0.3 is 0 Å². The first-order valence-electron chi connectivity index (χ1n) is 4.90. The summed E-state index contributed by atoms with van der Waals surface area (Å²) in [6.45, 7) is 0.458. The van der Waals surface area contributed by atoms with Crippen molar-refractivity contribution >= 4 is 31.9 Å². The van der Waals surface area contributed by atoms with Crippen LogP contribution in [-0.2, 0) is 0 Å². The number of halogens is 4. The van der Waals surface area contributed by atoms with Crippen LogP contribution < -0.4 is 4.74 Å². The first-order chi connectivity index (χ1) is 7.56. The molecular weight excluding hydrogens is 346 g/mol. The number of hydrogen-bond donors (Lipinski definition) is 0. The van der Waals surface area contributed by atoms with Gasteiger partial charge in [0.15, 0.2) is 11.6 Å². The van der Waals surface area contributed by atoms with Gasteiger partial charge in [-0.1, -0.05) is 15.9 Å². The molecule has 1 aromatic carbocycles. The molecule has 0 amide bonds. The van der Waals surface area contributed by atoms with Crippen molar-refractivity contribution in [2.24, 2.45) is 5.41 Å². The topological polar surface area (TPSA) is 9.23 Å². The number of alkyl halides is 1. The first-order valence-corrected chi connectivity index (χ1v) is 6.81. The number of benzene rings is 1. The van der Waals surface area contributed by atoms with Crippen LogP contribution in [0.5, 0.6) is 5.75 Å². The summed E-state index contributed by atoms with van der Waals surface area (Å²) in [4.78, 5) is 0. The quantitative estimate of drug-likeness (QED) is 0.732. The molecule has 1 nitrogen and oxygen atoms in total. The van der Waals surface area contributed by atoms with Crippen molar-refractivity contribution in [3.8, 4) is 5.75 Å². The molecule has 0 aliphatic heterocycles. The van der Waals surface area contributed by atoms with Crippen LogP contribution in [0, 0.1) is 17.0 Å². The molecule has 1 aliphatic carbocycles. The van der Waals surface area contributed by atoms with E-state index in [1.807, 2.05) is 0 Å². The molecule has 2 rings (SSSR count). The lowest BCUT2D eigenvalue weighted by Crippen LogP contribution is -2.15. The Morgan fingerprint density at radius 2 is 2.00 bits per heavy atom. The van der Waals surface area contributed by atoms with Crippen LogP contribution in [0.25, 0.3) is 0 Å². The summed E-state index contributed by atoms with van der Waals surface area (Å²) in [5.74, 6) is -1.19. The van der Waals surface area contributed by atoms with E-state index in [1.165, 1.54) is 6.07 Å². The second-order valence-corrected chi connectivity index (χ2v) is 5.54. The van der Waals surface area contributed by atoms with Gasteiger partial charge in [-0.05, 0) is 34.8 Å². The third-order valence-electron chi connectivity index (χ3n) is 2.73. The highest BCUT2D eigenvalue weighted by atomic mass is 79.9. The lowest BCUT2D eigenvalue weighted by molar-refractivity contribution is 0.239. The molecule has 1 saturated carbocycles. The smallest absolute Gasteiger partial charge is 0.169 e. The van der Waals surface area contributed by atoms with Crippen LogP contribution in [0.15, 0.2) is 16.6 Å². The molecule has 0 radical (unpaired) electrons. The molecule has 0 spiro atoms. The second kappa shape index (κ2) is 4.61. The molecule has 0 N–H and O–H groups in total. The molecule has 5 heteroatoms. The number of ether oxygens (including phenoxy) is 1. The number of hydrogen-bond acceptors (Lipinski definition) is 1. The Labute approximate surface area is 109 Å². The zero-order chi connectivity index (χ0) is 11.8. The van der Waals surface area contributed by atoms with Crippen LogP contribution in [0.4, 0.5) is 8.78 Å². The fourth-order valence-electron chi connectivity index (χ4n) is 1.39. The minimum absolute atomic E-state index is 0.0913. The molecule has 0 bridgehead atoms. The van der Waals surface area contributed by atoms with Gasteiger partial charge in [-0.2, -0.15) is 0 Å². The second-order valence-electron chi connectivity index (χ2n) is 4.12. The maximum absolute atomic E-state index is 13.4. The average molecular weight is 356 g/mol. The van der Waals surface area contributed by atoms with Gasteiger partial charge in [0.05, 0.1) is 11.1 Å². The molecular formula is C11H10Br2F2O. The fraction of sp³-hybridized carbons (Fsp3) is 0.455. The molecule has 0 atom stereocenters. The van der Waals surface area contributed by atoms with Gasteiger partial charge in [-0.15, -0.1) is 0 Å². The molecule has 0 unspecified atom stereocenters. The van der Waals surface area contributed by atoms with Crippen molar-refractivity contribution in [2.75, 3.05) is 11.9 Å². The van der Waals surface area contributed by atoms with Gasteiger partial charge in [0.2, 0.25) is 0 Å². The third-order valence-corrected chi connectivity index (χ3v) is 4.50. The summed E-state index contributed by atoms with van der Waals surface area (Å²) in [7, 11) is 0. The standard InChI is InChI=1S/C11H10Br2F2O/c12-5-11(1-2-11)6-16-10-8(13)3-7(14)4-9(10)15/h3-4H,1-2,5-6H2. The van der Waals surface area contributed by atoms with Crippen LogP contribution in [-0.4, -0.2) is 11.9 Å². The van der Waals surface area contributed by atoms with E-state index >= 15 is 0 Å². The summed E-state index contributed by atoms with van der Waals surface area (Å²) in [5.41, 5.74) is 0.139. The van der Waals surface area contributed by atoms with E-state index in [2.05, 4.69) is 31.9 Å². The molecule has 1 fully saturated rings. The first kappa shape index (κ1) is 12.3. The van der Waals surface area contributed by atoms with E-state index in [9.17, 15) is 8.78 Å². The van der Waals surface area contributed by atoms with Crippen LogP contribution in [0.2, 0.25) is 0 Å². The highest BCUT2D eigenvalue weighted by molar-refractivity contribution is 9.10. The summed E-state index contributed by atoms with van der Waals surface area (Å²) in [6, 6.07) is 2.03. The average Bonchev–Trinajstić information content (AvgIpc) is 2.97. The Balaban J connectivity index is 2.09. The maximum Gasteiger partial charge on any atom is 0.169 e. The van der Waals surface area contributed by atoms with Gasteiger partial charge in [0, 0.05) is 16.8 Å². The minimum atomic E-state index is -0.669. The van der Waals surface area contributed by atoms with E-state index in [4.69, 9.17) is 4.74 Å². The fourth-order valence-corrected chi connectivity index (χ4v) is 2.63. The van der Waals surface area contributed by atoms with E-state index in [-0.39, 0.29) is 11.2 Å². The third kappa shape index (κ3) is 2.56. The van der Waals surface area contributed by atoms with E-state index in [1.54, 1.807) is 0 Å². The molecule has 1 aromatic rings. The normalized spacial score (nSPS) is 17.2. The highest BCUT2D eigenvalue weighted by Gasteiger charge is 2.42. The van der Waals surface area contributed by atoms with Gasteiger partial charge in [-0.3, -0.25) is 0 Å². The Kier molecular flexibility index (Phi) is 3.54. The molecule has 1 aliphatic rings. The largest absolute Gasteiger partial charge is 0.489 e. The molecule has 0 aromatic heterocycles.